The lowest BCUT2D eigenvalue weighted by Gasteiger charge is -2.03. The van der Waals surface area contributed by atoms with Crippen LogP contribution in [0.15, 0.2) is 59.5 Å². The van der Waals surface area contributed by atoms with E-state index in [0.717, 1.165) is 17.0 Å². The van der Waals surface area contributed by atoms with Gasteiger partial charge in [0.25, 0.3) is 0 Å². The number of nitrogens with zero attached hydrogens (tertiary/aromatic N) is 2. The van der Waals surface area contributed by atoms with Crippen molar-refractivity contribution in [1.82, 2.24) is 4.98 Å². The minimum absolute atomic E-state index is 0.0179. The number of esters is 1. The molecule has 0 aliphatic carbocycles. The van der Waals surface area contributed by atoms with Crippen LogP contribution in [0.5, 0.6) is 5.75 Å². The van der Waals surface area contributed by atoms with Gasteiger partial charge in [-0.2, -0.15) is 5.26 Å². The summed E-state index contributed by atoms with van der Waals surface area (Å²) in [5.74, 6) is 0.0251. The Morgan fingerprint density at radius 1 is 1.17 bits per heavy atom. The highest BCUT2D eigenvalue weighted by atomic mass is 32.1. The number of carbonyl (C=O) groups excluding carboxylic acids is 1. The van der Waals surface area contributed by atoms with E-state index in [-0.39, 0.29) is 12.2 Å². The van der Waals surface area contributed by atoms with Crippen LogP contribution in [0.3, 0.4) is 0 Å². The third-order valence-corrected chi connectivity index (χ3v) is 5.22. The van der Waals surface area contributed by atoms with Gasteiger partial charge in [0.05, 0.1) is 12.8 Å². The molecule has 5 nitrogen and oxygen atoms in total. The second kappa shape index (κ2) is 9.67. The lowest BCUT2D eigenvalue weighted by molar-refractivity contribution is -0.139. The Kier molecular flexibility index (Phi) is 6.77. The van der Waals surface area contributed by atoms with Gasteiger partial charge in [0.2, 0.25) is 0 Å². The maximum Gasteiger partial charge on any atom is 0.349 e. The second-order valence-corrected chi connectivity index (χ2v) is 7.07. The summed E-state index contributed by atoms with van der Waals surface area (Å²) in [6, 6.07) is 17.2. The van der Waals surface area contributed by atoms with Crippen molar-refractivity contribution in [1.29, 1.82) is 5.26 Å². The summed E-state index contributed by atoms with van der Waals surface area (Å²) < 4.78 is 10.4. The van der Waals surface area contributed by atoms with E-state index >= 15 is 0 Å². The molecule has 0 radical (unpaired) electrons. The molecule has 1 aromatic heterocycles. The Balaban J connectivity index is 1.63. The van der Waals surface area contributed by atoms with Crippen molar-refractivity contribution in [2.75, 3.05) is 7.11 Å². The van der Waals surface area contributed by atoms with Crippen molar-refractivity contribution in [3.8, 4) is 22.4 Å². The number of hydrogen-bond donors (Lipinski definition) is 0. The Bertz CT molecular complexity index is 1040. The number of ether oxygens (including phenoxy) is 2. The van der Waals surface area contributed by atoms with Crippen LogP contribution in [0, 0.1) is 11.3 Å². The molecule has 0 spiro atoms. The van der Waals surface area contributed by atoms with Crippen LogP contribution in [0.2, 0.25) is 0 Å². The minimum Gasteiger partial charge on any atom is -0.497 e. The van der Waals surface area contributed by atoms with E-state index in [1.807, 2.05) is 23.6 Å². The number of aromatic nitrogens is 1. The highest BCUT2D eigenvalue weighted by Gasteiger charge is 2.13. The molecule has 0 N–H and O–H groups in total. The molecule has 0 fully saturated rings. The predicted molar refractivity (Wildman–Crippen MR) is 113 cm³/mol. The molecule has 146 valence electrons. The van der Waals surface area contributed by atoms with Crippen LogP contribution in [0.1, 0.15) is 23.7 Å². The molecule has 3 rings (SSSR count). The molecule has 0 aliphatic heterocycles. The lowest BCUT2D eigenvalue weighted by atomic mass is 10.1. The first kappa shape index (κ1) is 20.3. The van der Waals surface area contributed by atoms with Gasteiger partial charge in [0, 0.05) is 10.9 Å². The molecule has 0 bridgehead atoms. The Morgan fingerprint density at radius 2 is 1.90 bits per heavy atom. The molecule has 0 saturated heterocycles. The quantitative estimate of drug-likeness (QED) is 0.314. The third-order valence-electron chi connectivity index (χ3n) is 4.28. The fraction of sp³-hybridized carbons (Fsp3) is 0.174. The molecule has 3 aromatic rings. The molecule has 0 saturated carbocycles. The maximum absolute atomic E-state index is 12.3. The molecular weight excluding hydrogens is 384 g/mol. The number of benzene rings is 2. The van der Waals surface area contributed by atoms with Gasteiger partial charge in [0.1, 0.15) is 29.0 Å². The zero-order valence-electron chi connectivity index (χ0n) is 16.2. The normalized spacial score (nSPS) is 11.0. The average molecular weight is 404 g/mol. The number of nitriles is 1. The summed E-state index contributed by atoms with van der Waals surface area (Å²) in [7, 11) is 1.58. The lowest BCUT2D eigenvalue weighted by Crippen LogP contribution is -2.07. The van der Waals surface area contributed by atoms with Crippen LogP contribution >= 0.6 is 11.3 Å². The molecule has 29 heavy (non-hydrogen) atoms. The van der Waals surface area contributed by atoms with Crippen molar-refractivity contribution >= 4 is 23.4 Å². The van der Waals surface area contributed by atoms with Crippen molar-refractivity contribution in [3.05, 3.63) is 76.3 Å². The van der Waals surface area contributed by atoms with E-state index in [2.05, 4.69) is 24.0 Å². The van der Waals surface area contributed by atoms with Crippen LogP contribution in [0.4, 0.5) is 0 Å². The highest BCUT2D eigenvalue weighted by molar-refractivity contribution is 7.13. The van der Waals surface area contributed by atoms with Crippen LogP contribution in [-0.4, -0.2) is 18.1 Å². The van der Waals surface area contributed by atoms with Gasteiger partial charge in [-0.15, -0.1) is 11.3 Å². The first-order chi connectivity index (χ1) is 14.1. The summed E-state index contributed by atoms with van der Waals surface area (Å²) in [4.78, 5) is 16.8. The molecule has 0 aliphatic rings. The standard InChI is InChI=1S/C23H20N2O3S/c1-3-16-4-8-18(9-5-16)22-25-20(15-29-22)14-28-23(26)19(13-24)12-17-6-10-21(27-2)11-7-17/h4-12,15H,3,14H2,1-2H3/b19-12+. The monoisotopic (exact) mass is 404 g/mol. The third kappa shape index (κ3) is 5.31. The van der Waals surface area contributed by atoms with Crippen LogP contribution < -0.4 is 4.74 Å². The van der Waals surface area contributed by atoms with E-state index in [9.17, 15) is 10.1 Å². The van der Waals surface area contributed by atoms with Gasteiger partial charge >= 0.3 is 5.97 Å². The Labute approximate surface area is 173 Å². The van der Waals surface area contributed by atoms with Gasteiger partial charge < -0.3 is 9.47 Å². The number of aryl methyl sites for hydroxylation is 1. The van der Waals surface area contributed by atoms with E-state index in [1.165, 1.54) is 23.0 Å². The van der Waals surface area contributed by atoms with Crippen LogP contribution in [-0.2, 0) is 22.6 Å². The first-order valence-corrected chi connectivity index (χ1v) is 9.97. The molecule has 1 heterocycles. The van der Waals surface area contributed by atoms with E-state index in [1.54, 1.807) is 31.4 Å². The average Bonchev–Trinajstić information content (AvgIpc) is 3.25. The van der Waals surface area contributed by atoms with Gasteiger partial charge in [-0.05, 0) is 35.8 Å². The summed E-state index contributed by atoms with van der Waals surface area (Å²) in [6.07, 6.45) is 2.48. The maximum atomic E-state index is 12.3. The van der Waals surface area contributed by atoms with Crippen molar-refractivity contribution in [3.63, 3.8) is 0 Å². The molecule has 0 amide bonds. The highest BCUT2D eigenvalue weighted by Crippen LogP contribution is 2.24. The second-order valence-electron chi connectivity index (χ2n) is 6.21. The molecular formula is C23H20N2O3S. The number of rotatable bonds is 7. The van der Waals surface area contributed by atoms with E-state index < -0.39 is 5.97 Å². The topological polar surface area (TPSA) is 72.2 Å². The molecule has 0 unspecified atom stereocenters. The van der Waals surface area contributed by atoms with E-state index in [4.69, 9.17) is 9.47 Å². The number of thiazole rings is 1. The summed E-state index contributed by atoms with van der Waals surface area (Å²) in [5.41, 5.74) is 3.60. The van der Waals surface area contributed by atoms with Gasteiger partial charge in [-0.1, -0.05) is 43.3 Å². The van der Waals surface area contributed by atoms with Crippen LogP contribution in [0.25, 0.3) is 16.6 Å². The first-order valence-electron chi connectivity index (χ1n) is 9.09. The number of methoxy groups -OCH3 is 1. The van der Waals surface area contributed by atoms with Crippen molar-refractivity contribution < 1.29 is 14.3 Å². The predicted octanol–water partition coefficient (Wildman–Crippen LogP) is 5.03. The number of carbonyl (C=O) groups is 1. The zero-order chi connectivity index (χ0) is 20.6. The smallest absolute Gasteiger partial charge is 0.349 e. The molecule has 6 heteroatoms. The summed E-state index contributed by atoms with van der Waals surface area (Å²) >= 11 is 1.49. The van der Waals surface area contributed by atoms with Crippen molar-refractivity contribution in [2.45, 2.75) is 20.0 Å². The van der Waals surface area contributed by atoms with Gasteiger partial charge in [-0.3, -0.25) is 0 Å². The van der Waals surface area contributed by atoms with Gasteiger partial charge in [-0.25, -0.2) is 9.78 Å². The Hall–Kier alpha value is -3.43. The van der Waals surface area contributed by atoms with E-state index in [0.29, 0.717) is 17.0 Å². The fourth-order valence-corrected chi connectivity index (χ4v) is 3.42. The van der Waals surface area contributed by atoms with Crippen molar-refractivity contribution in [2.24, 2.45) is 0 Å². The van der Waals surface area contributed by atoms with Gasteiger partial charge in [0.15, 0.2) is 0 Å². The molecule has 0 atom stereocenters. The fourth-order valence-electron chi connectivity index (χ4n) is 2.61. The SMILES string of the molecule is CCc1ccc(-c2nc(COC(=O)/C(C#N)=C/c3ccc(OC)cc3)cs2)cc1. The summed E-state index contributed by atoms with van der Waals surface area (Å²) in [5, 5.41) is 12.0. The summed E-state index contributed by atoms with van der Waals surface area (Å²) in [6.45, 7) is 2.13. The zero-order valence-corrected chi connectivity index (χ0v) is 17.0. The number of hydrogen-bond acceptors (Lipinski definition) is 6. The Morgan fingerprint density at radius 3 is 2.52 bits per heavy atom. The minimum atomic E-state index is -0.676. The molecule has 2 aromatic carbocycles. The largest absolute Gasteiger partial charge is 0.497 e.